The van der Waals surface area contributed by atoms with E-state index in [4.69, 9.17) is 9.47 Å². The van der Waals surface area contributed by atoms with Crippen LogP contribution in [0.5, 0.6) is 5.75 Å². The number of rotatable bonds is 6. The van der Waals surface area contributed by atoms with Gasteiger partial charge in [-0.3, -0.25) is 4.90 Å². The SMILES string of the molecule is COc1ccc(-n2cnc(Nc3cc(C)cc(N4CCN(C5COC5)CC4)c3)n2)cc1F. The third-order valence-electron chi connectivity index (χ3n) is 6.03. The third-order valence-corrected chi connectivity index (χ3v) is 6.03. The fraction of sp³-hybridized carbons (Fsp3) is 0.391. The van der Waals surface area contributed by atoms with Gasteiger partial charge in [0.15, 0.2) is 11.6 Å². The fourth-order valence-corrected chi connectivity index (χ4v) is 4.17. The van der Waals surface area contributed by atoms with Gasteiger partial charge in [-0.25, -0.2) is 9.07 Å². The number of aryl methyl sites for hydroxylation is 1. The summed E-state index contributed by atoms with van der Waals surface area (Å²) in [6, 6.07) is 11.7. The van der Waals surface area contributed by atoms with Crippen LogP contribution in [0.15, 0.2) is 42.7 Å². The highest BCUT2D eigenvalue weighted by atomic mass is 19.1. The Bertz CT molecular complexity index is 1090. The first-order chi connectivity index (χ1) is 15.6. The summed E-state index contributed by atoms with van der Waals surface area (Å²) in [5, 5.41) is 7.73. The van der Waals surface area contributed by atoms with Gasteiger partial charge < -0.3 is 19.7 Å². The molecule has 2 aliphatic rings. The van der Waals surface area contributed by atoms with Gasteiger partial charge >= 0.3 is 0 Å². The quantitative estimate of drug-likeness (QED) is 0.635. The van der Waals surface area contributed by atoms with Crippen molar-refractivity contribution in [3.63, 3.8) is 0 Å². The molecule has 0 saturated carbocycles. The van der Waals surface area contributed by atoms with E-state index >= 15 is 0 Å². The van der Waals surface area contributed by atoms with Gasteiger partial charge in [0, 0.05) is 43.6 Å². The largest absolute Gasteiger partial charge is 0.494 e. The Kier molecular flexibility index (Phi) is 5.67. The number of hydrogen-bond acceptors (Lipinski definition) is 7. The lowest BCUT2D eigenvalue weighted by Crippen LogP contribution is -2.56. The van der Waals surface area contributed by atoms with Crippen molar-refractivity contribution in [3.05, 3.63) is 54.1 Å². The maximum absolute atomic E-state index is 14.0. The molecule has 0 spiro atoms. The van der Waals surface area contributed by atoms with Crippen LogP contribution >= 0.6 is 0 Å². The number of benzene rings is 2. The summed E-state index contributed by atoms with van der Waals surface area (Å²) in [6.45, 7) is 7.90. The van der Waals surface area contributed by atoms with Gasteiger partial charge in [0.1, 0.15) is 6.33 Å². The van der Waals surface area contributed by atoms with E-state index in [2.05, 4.69) is 50.3 Å². The van der Waals surface area contributed by atoms with Crippen molar-refractivity contribution >= 4 is 17.3 Å². The minimum Gasteiger partial charge on any atom is -0.494 e. The summed E-state index contributed by atoms with van der Waals surface area (Å²) in [4.78, 5) is 9.27. The topological polar surface area (TPSA) is 67.7 Å². The molecule has 168 valence electrons. The molecule has 0 amide bonds. The predicted octanol–water partition coefficient (Wildman–Crippen LogP) is 2.99. The second-order valence-electron chi connectivity index (χ2n) is 8.23. The van der Waals surface area contributed by atoms with Gasteiger partial charge in [-0.2, -0.15) is 4.98 Å². The van der Waals surface area contributed by atoms with Crippen molar-refractivity contribution < 1.29 is 13.9 Å². The Hall–Kier alpha value is -3.17. The Morgan fingerprint density at radius 1 is 1.06 bits per heavy atom. The normalized spacial score (nSPS) is 17.3. The highest BCUT2D eigenvalue weighted by Crippen LogP contribution is 2.26. The summed E-state index contributed by atoms with van der Waals surface area (Å²) < 4.78 is 25.9. The molecule has 1 N–H and O–H groups in total. The van der Waals surface area contributed by atoms with Crippen LogP contribution < -0.4 is 15.0 Å². The Balaban J connectivity index is 1.28. The Morgan fingerprint density at radius 2 is 1.88 bits per heavy atom. The molecule has 2 aliphatic heterocycles. The molecule has 32 heavy (non-hydrogen) atoms. The average molecular weight is 439 g/mol. The van der Waals surface area contributed by atoms with Crippen molar-refractivity contribution in [2.24, 2.45) is 0 Å². The Morgan fingerprint density at radius 3 is 2.56 bits per heavy atom. The number of anilines is 3. The second-order valence-corrected chi connectivity index (χ2v) is 8.23. The lowest BCUT2D eigenvalue weighted by atomic mass is 10.1. The van der Waals surface area contributed by atoms with Crippen molar-refractivity contribution in [3.8, 4) is 11.4 Å². The third kappa shape index (κ3) is 4.26. The molecule has 0 aliphatic carbocycles. The monoisotopic (exact) mass is 438 g/mol. The second kappa shape index (κ2) is 8.76. The maximum atomic E-state index is 14.0. The van der Waals surface area contributed by atoms with Gasteiger partial charge in [0.25, 0.3) is 0 Å². The zero-order chi connectivity index (χ0) is 22.1. The predicted molar refractivity (Wildman–Crippen MR) is 121 cm³/mol. The van der Waals surface area contributed by atoms with Crippen molar-refractivity contribution in [1.29, 1.82) is 0 Å². The minimum atomic E-state index is -0.441. The van der Waals surface area contributed by atoms with Crippen LogP contribution in [-0.2, 0) is 4.74 Å². The van der Waals surface area contributed by atoms with E-state index in [0.717, 1.165) is 50.6 Å². The highest BCUT2D eigenvalue weighted by molar-refractivity contribution is 5.64. The molecule has 2 saturated heterocycles. The maximum Gasteiger partial charge on any atom is 0.246 e. The molecule has 9 heteroatoms. The molecule has 2 aromatic carbocycles. The molecule has 2 fully saturated rings. The van der Waals surface area contributed by atoms with E-state index in [1.54, 1.807) is 18.5 Å². The lowest BCUT2D eigenvalue weighted by molar-refractivity contribution is -0.0660. The number of nitrogens with one attached hydrogen (secondary N) is 1. The highest BCUT2D eigenvalue weighted by Gasteiger charge is 2.29. The zero-order valence-electron chi connectivity index (χ0n) is 18.3. The molecule has 3 aromatic rings. The number of hydrogen-bond donors (Lipinski definition) is 1. The summed E-state index contributed by atoms with van der Waals surface area (Å²) in [7, 11) is 1.44. The lowest BCUT2D eigenvalue weighted by Gasteiger charge is -2.43. The van der Waals surface area contributed by atoms with Crippen molar-refractivity contribution in [2.75, 3.05) is 56.7 Å². The first-order valence-electron chi connectivity index (χ1n) is 10.8. The minimum absolute atomic E-state index is 0.196. The molecular formula is C23H27FN6O2. The number of halogens is 1. The molecule has 0 bridgehead atoms. The van der Waals surface area contributed by atoms with Crippen LogP contribution in [0.25, 0.3) is 5.69 Å². The molecule has 0 atom stereocenters. The molecule has 5 rings (SSSR count). The van der Waals surface area contributed by atoms with Crippen LogP contribution in [0.3, 0.4) is 0 Å². The van der Waals surface area contributed by atoms with Gasteiger partial charge in [0.05, 0.1) is 32.1 Å². The van der Waals surface area contributed by atoms with Crippen LogP contribution in [-0.4, -0.2) is 72.2 Å². The average Bonchev–Trinajstić information content (AvgIpc) is 3.21. The smallest absolute Gasteiger partial charge is 0.246 e. The van der Waals surface area contributed by atoms with Crippen LogP contribution in [0.4, 0.5) is 21.7 Å². The van der Waals surface area contributed by atoms with E-state index in [1.807, 2.05) is 0 Å². The molecule has 0 unspecified atom stereocenters. The molecule has 8 nitrogen and oxygen atoms in total. The van der Waals surface area contributed by atoms with Crippen LogP contribution in [0, 0.1) is 12.7 Å². The van der Waals surface area contributed by atoms with Crippen molar-refractivity contribution in [2.45, 2.75) is 13.0 Å². The number of aromatic nitrogens is 3. The molecule has 1 aromatic heterocycles. The fourth-order valence-electron chi connectivity index (χ4n) is 4.17. The van der Waals surface area contributed by atoms with Gasteiger partial charge in [-0.05, 0) is 42.8 Å². The van der Waals surface area contributed by atoms with Crippen LogP contribution in [0.2, 0.25) is 0 Å². The van der Waals surface area contributed by atoms with Crippen molar-refractivity contribution in [1.82, 2.24) is 19.7 Å². The molecular weight excluding hydrogens is 411 g/mol. The van der Waals surface area contributed by atoms with E-state index in [-0.39, 0.29) is 5.75 Å². The standard InChI is InChI=1S/C23H27FN6O2/c1-16-9-17(11-19(10-16)28-5-7-29(8-6-28)20-13-32-14-20)26-23-25-15-30(27-23)18-3-4-22(31-2)21(24)12-18/h3-4,9-12,15,20H,5-8,13-14H2,1-2H3,(H,26,27). The Labute approximate surface area is 186 Å². The van der Waals surface area contributed by atoms with Crippen LogP contribution in [0.1, 0.15) is 5.56 Å². The number of nitrogens with zero attached hydrogens (tertiary/aromatic N) is 5. The summed E-state index contributed by atoms with van der Waals surface area (Å²) in [5.74, 6) is 0.206. The van der Waals surface area contributed by atoms with E-state index in [9.17, 15) is 4.39 Å². The number of methoxy groups -OCH3 is 1. The number of piperazine rings is 1. The van der Waals surface area contributed by atoms with Gasteiger partial charge in [-0.1, -0.05) is 0 Å². The van der Waals surface area contributed by atoms with E-state index < -0.39 is 5.82 Å². The zero-order valence-corrected chi connectivity index (χ0v) is 18.3. The number of ether oxygens (including phenoxy) is 2. The first kappa shape index (κ1) is 20.7. The van der Waals surface area contributed by atoms with E-state index in [1.165, 1.54) is 23.5 Å². The summed E-state index contributed by atoms with van der Waals surface area (Å²) >= 11 is 0. The van der Waals surface area contributed by atoms with Gasteiger partial charge in [-0.15, -0.1) is 5.10 Å². The first-order valence-corrected chi connectivity index (χ1v) is 10.8. The summed E-state index contributed by atoms with van der Waals surface area (Å²) in [6.07, 6.45) is 1.56. The summed E-state index contributed by atoms with van der Waals surface area (Å²) in [5.41, 5.74) is 3.85. The van der Waals surface area contributed by atoms with E-state index in [0.29, 0.717) is 17.7 Å². The molecule has 3 heterocycles. The van der Waals surface area contributed by atoms with Gasteiger partial charge in [0.2, 0.25) is 5.95 Å². The molecule has 0 radical (unpaired) electrons.